The molecule has 0 N–H and O–H groups in total. The fourth-order valence-corrected chi connectivity index (χ4v) is 2.08. The number of hydrogen-bond acceptors (Lipinski definition) is 2. The first-order chi connectivity index (χ1) is 7.61. The van der Waals surface area contributed by atoms with Gasteiger partial charge in [0.25, 0.3) is 0 Å². The number of carbonyl (C=O) groups excluding carboxylic acids is 1. The first-order valence-corrected chi connectivity index (χ1v) is 5.48. The van der Waals surface area contributed by atoms with E-state index in [0.29, 0.717) is 23.3 Å². The van der Waals surface area contributed by atoms with Gasteiger partial charge in [-0.2, -0.15) is 0 Å². The lowest BCUT2D eigenvalue weighted by atomic mass is 10.1. The average molecular weight is 283 g/mol. The van der Waals surface area contributed by atoms with Gasteiger partial charge in [0.05, 0.1) is 11.9 Å². The van der Waals surface area contributed by atoms with E-state index in [9.17, 15) is 9.18 Å². The molecule has 1 saturated heterocycles. The van der Waals surface area contributed by atoms with Crippen molar-refractivity contribution in [2.24, 2.45) is 5.92 Å². The van der Waals surface area contributed by atoms with Crippen LogP contribution in [0.2, 0.25) is 0 Å². The second kappa shape index (κ2) is 4.22. The predicted octanol–water partition coefficient (Wildman–Crippen LogP) is 1.97. The van der Waals surface area contributed by atoms with Crippen molar-refractivity contribution in [3.05, 3.63) is 22.7 Å². The molecule has 1 aromatic heterocycles. The fourth-order valence-electron chi connectivity index (χ4n) is 1.65. The molecule has 1 atom stereocenters. The van der Waals surface area contributed by atoms with Gasteiger partial charge in [-0.05, 0) is 15.9 Å². The molecule has 16 heavy (non-hydrogen) atoms. The smallest absolute Gasteiger partial charge is 0.228 e. The number of anilines is 1. The van der Waals surface area contributed by atoms with Crippen molar-refractivity contribution in [1.82, 2.24) is 4.98 Å². The highest BCUT2D eigenvalue weighted by Gasteiger charge is 2.30. The van der Waals surface area contributed by atoms with Gasteiger partial charge in [0.2, 0.25) is 5.91 Å². The highest BCUT2D eigenvalue weighted by molar-refractivity contribution is 9.10. The predicted molar refractivity (Wildman–Crippen MR) is 61.2 cm³/mol. The Morgan fingerprint density at radius 3 is 3.06 bits per heavy atom. The Labute approximate surface area is 101 Å². The van der Waals surface area contributed by atoms with Crippen molar-refractivity contribution in [3.63, 3.8) is 0 Å². The molecule has 1 aliphatic heterocycles. The van der Waals surface area contributed by atoms with Crippen LogP contribution in [0, 0.1) is 24.1 Å². The Morgan fingerprint density at radius 2 is 2.44 bits per heavy atom. The minimum atomic E-state index is -0.477. The van der Waals surface area contributed by atoms with Crippen LogP contribution in [0.15, 0.2) is 16.9 Å². The van der Waals surface area contributed by atoms with Crippen molar-refractivity contribution < 1.29 is 9.18 Å². The molecule has 2 heterocycles. The van der Waals surface area contributed by atoms with Crippen LogP contribution in [0.4, 0.5) is 10.1 Å². The van der Waals surface area contributed by atoms with Crippen molar-refractivity contribution in [1.29, 1.82) is 0 Å². The van der Waals surface area contributed by atoms with Gasteiger partial charge in [-0.3, -0.25) is 4.79 Å². The first kappa shape index (κ1) is 11.1. The third kappa shape index (κ3) is 1.93. The largest absolute Gasteiger partial charge is 0.308 e. The molecular formula is C11H8BrFN2O. The Balaban J connectivity index is 2.35. The summed E-state index contributed by atoms with van der Waals surface area (Å²) in [5.41, 5.74) is 0.433. The molecule has 5 heteroatoms. The van der Waals surface area contributed by atoms with Crippen molar-refractivity contribution in [2.75, 3.05) is 11.4 Å². The number of halogens is 2. The summed E-state index contributed by atoms with van der Waals surface area (Å²) in [5.74, 6) is 1.85. The molecule has 0 spiro atoms. The topological polar surface area (TPSA) is 33.2 Å². The summed E-state index contributed by atoms with van der Waals surface area (Å²) in [6, 6.07) is 1.27. The lowest BCUT2D eigenvalue weighted by molar-refractivity contribution is -0.117. The molecule has 1 aliphatic rings. The Bertz CT molecular complexity index is 483. The summed E-state index contributed by atoms with van der Waals surface area (Å²) in [7, 11) is 0. The first-order valence-electron chi connectivity index (χ1n) is 4.69. The second-order valence-corrected chi connectivity index (χ2v) is 4.29. The quantitative estimate of drug-likeness (QED) is 0.583. The highest BCUT2D eigenvalue weighted by Crippen LogP contribution is 2.30. The van der Waals surface area contributed by atoms with Crippen LogP contribution in [0.5, 0.6) is 0 Å². The number of amides is 1. The van der Waals surface area contributed by atoms with Gasteiger partial charge < -0.3 is 4.90 Å². The second-order valence-electron chi connectivity index (χ2n) is 3.54. The zero-order chi connectivity index (χ0) is 11.7. The number of nitrogens with zero attached hydrogens (tertiary/aromatic N) is 2. The zero-order valence-corrected chi connectivity index (χ0v) is 9.87. The monoisotopic (exact) mass is 282 g/mol. The molecule has 82 valence electrons. The van der Waals surface area contributed by atoms with Gasteiger partial charge in [0, 0.05) is 24.9 Å². The maximum Gasteiger partial charge on any atom is 0.228 e. The van der Waals surface area contributed by atoms with Gasteiger partial charge in [0.1, 0.15) is 10.4 Å². The van der Waals surface area contributed by atoms with E-state index in [1.54, 1.807) is 0 Å². The summed E-state index contributed by atoms with van der Waals surface area (Å²) >= 11 is 3.19. The molecule has 0 radical (unpaired) electrons. The maximum absolute atomic E-state index is 13.0. The van der Waals surface area contributed by atoms with Gasteiger partial charge in [-0.1, -0.05) is 0 Å². The van der Waals surface area contributed by atoms with Crippen LogP contribution in [0.3, 0.4) is 0 Å². The SMILES string of the molecule is C#CC1CC(=O)N(c2cc(F)cnc2Br)C1. The molecule has 1 unspecified atom stereocenters. The lowest BCUT2D eigenvalue weighted by Gasteiger charge is -2.16. The fraction of sp³-hybridized carbons (Fsp3) is 0.273. The van der Waals surface area contributed by atoms with E-state index in [4.69, 9.17) is 6.42 Å². The standard InChI is InChI=1S/C11H8BrFN2O/c1-2-7-3-10(16)15(6-7)9-4-8(13)5-14-11(9)12/h1,4-5,7H,3,6H2. The van der Waals surface area contributed by atoms with E-state index in [1.807, 2.05) is 0 Å². The minimum absolute atomic E-state index is 0.101. The van der Waals surface area contributed by atoms with Crippen molar-refractivity contribution in [3.8, 4) is 12.3 Å². The summed E-state index contributed by atoms with van der Waals surface area (Å²) < 4.78 is 13.5. The normalized spacial score (nSPS) is 19.9. The number of terminal acetylenes is 1. The Hall–Kier alpha value is -1.41. The van der Waals surface area contributed by atoms with Crippen LogP contribution in [0.25, 0.3) is 0 Å². The number of hydrogen-bond donors (Lipinski definition) is 0. The molecular weight excluding hydrogens is 275 g/mol. The average Bonchev–Trinajstić information content (AvgIpc) is 2.63. The number of aromatic nitrogens is 1. The molecule has 2 rings (SSSR count). The Morgan fingerprint density at radius 1 is 1.69 bits per heavy atom. The number of rotatable bonds is 1. The summed E-state index contributed by atoms with van der Waals surface area (Å²) in [5, 5.41) is 0. The third-order valence-corrected chi connectivity index (χ3v) is 3.05. The van der Waals surface area contributed by atoms with Crippen LogP contribution >= 0.6 is 15.9 Å². The number of pyridine rings is 1. The van der Waals surface area contributed by atoms with Gasteiger partial charge in [-0.15, -0.1) is 12.3 Å². The van der Waals surface area contributed by atoms with E-state index in [-0.39, 0.29) is 11.8 Å². The van der Waals surface area contributed by atoms with E-state index < -0.39 is 5.82 Å². The lowest BCUT2D eigenvalue weighted by Crippen LogP contribution is -2.25. The zero-order valence-electron chi connectivity index (χ0n) is 8.28. The molecule has 3 nitrogen and oxygen atoms in total. The van der Waals surface area contributed by atoms with Gasteiger partial charge >= 0.3 is 0 Å². The van der Waals surface area contributed by atoms with Gasteiger partial charge in [0.15, 0.2) is 0 Å². The van der Waals surface area contributed by atoms with Crippen LogP contribution in [0.1, 0.15) is 6.42 Å². The van der Waals surface area contributed by atoms with Crippen molar-refractivity contribution in [2.45, 2.75) is 6.42 Å². The Kier molecular flexibility index (Phi) is 2.92. The van der Waals surface area contributed by atoms with Crippen LogP contribution < -0.4 is 4.90 Å². The summed E-state index contributed by atoms with van der Waals surface area (Å²) in [4.78, 5) is 16.9. The van der Waals surface area contributed by atoms with Crippen molar-refractivity contribution >= 4 is 27.5 Å². The third-order valence-electron chi connectivity index (χ3n) is 2.44. The molecule has 1 aromatic rings. The van der Waals surface area contributed by atoms with Crippen LogP contribution in [-0.4, -0.2) is 17.4 Å². The van der Waals surface area contributed by atoms with Gasteiger partial charge in [-0.25, -0.2) is 9.37 Å². The molecule has 0 aliphatic carbocycles. The highest BCUT2D eigenvalue weighted by atomic mass is 79.9. The maximum atomic E-state index is 13.0. The molecule has 1 amide bonds. The molecule has 0 saturated carbocycles. The van der Waals surface area contributed by atoms with Crippen LogP contribution in [-0.2, 0) is 4.79 Å². The minimum Gasteiger partial charge on any atom is -0.308 e. The number of carbonyl (C=O) groups is 1. The van der Waals surface area contributed by atoms with E-state index >= 15 is 0 Å². The molecule has 0 bridgehead atoms. The van der Waals surface area contributed by atoms with E-state index in [0.717, 1.165) is 6.20 Å². The molecule has 1 fully saturated rings. The summed E-state index contributed by atoms with van der Waals surface area (Å²) in [6.45, 7) is 0.416. The summed E-state index contributed by atoms with van der Waals surface area (Å²) in [6.07, 6.45) is 6.67. The van der Waals surface area contributed by atoms with E-state index in [2.05, 4.69) is 26.8 Å². The molecule has 0 aromatic carbocycles. The van der Waals surface area contributed by atoms with E-state index in [1.165, 1.54) is 11.0 Å².